The summed E-state index contributed by atoms with van der Waals surface area (Å²) in [5.74, 6) is -0.505. The van der Waals surface area contributed by atoms with E-state index < -0.39 is 20.0 Å². The van der Waals surface area contributed by atoms with Crippen molar-refractivity contribution in [2.24, 2.45) is 0 Å². The molecule has 0 heterocycles. The second kappa shape index (κ2) is 48.8. The zero-order chi connectivity index (χ0) is 50.1. The predicted octanol–water partition coefficient (Wildman–Crippen LogP) is 17.2. The number of rotatable bonds is 52. The van der Waals surface area contributed by atoms with E-state index in [2.05, 4.69) is 50.4 Å². The highest BCUT2D eigenvalue weighted by Crippen LogP contribution is 2.43. The monoisotopic (exact) mass is 980 g/mol. The van der Waals surface area contributed by atoms with E-state index in [1.54, 1.807) is 0 Å². The van der Waals surface area contributed by atoms with Gasteiger partial charge in [0.25, 0.3) is 0 Å². The van der Waals surface area contributed by atoms with Gasteiger partial charge in [-0.15, -0.1) is 0 Å². The Labute approximate surface area is 421 Å². The highest BCUT2D eigenvalue weighted by Gasteiger charge is 2.30. The molecule has 3 unspecified atom stereocenters. The number of esters is 1. The first-order chi connectivity index (χ1) is 32.9. The normalized spacial score (nSPS) is 14.0. The molecule has 0 rings (SSSR count). The van der Waals surface area contributed by atoms with Crippen molar-refractivity contribution in [2.45, 2.75) is 283 Å². The van der Waals surface area contributed by atoms with Crippen LogP contribution in [0.5, 0.6) is 0 Å². The van der Waals surface area contributed by atoms with Gasteiger partial charge in [0.15, 0.2) is 0 Å². The second-order valence-electron chi connectivity index (χ2n) is 20.8. The fraction of sp³-hybridized carbons (Fsp3) is 0.862. The number of quaternary nitrogens is 1. The Morgan fingerprint density at radius 1 is 0.529 bits per heavy atom. The zero-order valence-electron chi connectivity index (χ0n) is 45.6. The molecule has 1 amide bonds. The van der Waals surface area contributed by atoms with E-state index in [1.807, 2.05) is 33.3 Å². The average molecular weight is 981 g/mol. The Morgan fingerprint density at radius 2 is 0.941 bits per heavy atom. The smallest absolute Gasteiger partial charge is 0.456 e. The maximum Gasteiger partial charge on any atom is 0.472 e. The fourth-order valence-electron chi connectivity index (χ4n) is 8.39. The number of unbranched alkanes of at least 4 members (excludes halogenated alkanes) is 32. The summed E-state index contributed by atoms with van der Waals surface area (Å²) in [6, 6.07) is -0.846. The van der Waals surface area contributed by atoms with Crippen LogP contribution in [0.1, 0.15) is 271 Å². The van der Waals surface area contributed by atoms with Gasteiger partial charge in [0.1, 0.15) is 19.3 Å². The van der Waals surface area contributed by atoms with Gasteiger partial charge in [0, 0.05) is 12.8 Å². The molecule has 0 bridgehead atoms. The molecular weight excluding hydrogens is 868 g/mol. The quantitative estimate of drug-likeness (QED) is 0.0205. The number of nitrogens with one attached hydrogen (secondary N) is 1. The molecule has 0 aromatic rings. The highest BCUT2D eigenvalue weighted by atomic mass is 31.2. The van der Waals surface area contributed by atoms with Crippen LogP contribution in [0, 0.1) is 0 Å². The van der Waals surface area contributed by atoms with Crippen molar-refractivity contribution in [2.75, 3.05) is 40.9 Å². The van der Waals surface area contributed by atoms with E-state index in [4.69, 9.17) is 13.8 Å². The summed E-state index contributed by atoms with van der Waals surface area (Å²) in [6.45, 7) is 6.92. The number of hydrogen-bond acceptors (Lipinski definition) is 6. The van der Waals surface area contributed by atoms with E-state index in [0.29, 0.717) is 17.4 Å². The summed E-state index contributed by atoms with van der Waals surface area (Å²) in [4.78, 5) is 37.6. The van der Waals surface area contributed by atoms with Gasteiger partial charge in [-0.1, -0.05) is 237 Å². The maximum absolute atomic E-state index is 13.5. The van der Waals surface area contributed by atoms with Gasteiger partial charge in [-0.2, -0.15) is 0 Å². The lowest BCUT2D eigenvalue weighted by Crippen LogP contribution is -2.47. The van der Waals surface area contributed by atoms with E-state index >= 15 is 0 Å². The van der Waals surface area contributed by atoms with Crippen molar-refractivity contribution in [3.05, 3.63) is 36.5 Å². The van der Waals surface area contributed by atoms with Gasteiger partial charge < -0.3 is 19.4 Å². The minimum Gasteiger partial charge on any atom is -0.456 e. The summed E-state index contributed by atoms with van der Waals surface area (Å²) < 4.78 is 30.6. The second-order valence-corrected chi connectivity index (χ2v) is 22.2. The molecule has 10 heteroatoms. The molecule has 68 heavy (non-hydrogen) atoms. The fourth-order valence-corrected chi connectivity index (χ4v) is 9.13. The van der Waals surface area contributed by atoms with Crippen LogP contribution < -0.4 is 5.32 Å². The van der Waals surface area contributed by atoms with E-state index in [-0.39, 0.29) is 31.5 Å². The third-order valence-electron chi connectivity index (χ3n) is 12.8. The van der Waals surface area contributed by atoms with Crippen LogP contribution in [0.3, 0.4) is 0 Å². The summed E-state index contributed by atoms with van der Waals surface area (Å²) in [5.41, 5.74) is 0. The van der Waals surface area contributed by atoms with Crippen molar-refractivity contribution < 1.29 is 37.3 Å². The number of nitrogens with zero attached hydrogens (tertiary/aromatic N) is 1. The maximum atomic E-state index is 13.5. The Morgan fingerprint density at radius 3 is 1.40 bits per heavy atom. The largest absolute Gasteiger partial charge is 0.472 e. The van der Waals surface area contributed by atoms with Gasteiger partial charge in [-0.25, -0.2) is 4.57 Å². The number of likely N-dealkylation sites (N-methyl/N-ethyl adjacent to an activating group) is 1. The summed E-state index contributed by atoms with van der Waals surface area (Å²) >= 11 is 0. The highest BCUT2D eigenvalue weighted by molar-refractivity contribution is 7.47. The molecule has 0 aromatic carbocycles. The molecule has 0 spiro atoms. The minimum atomic E-state index is -4.44. The number of carbonyl (C=O) groups excluding carboxylic acids is 2. The van der Waals surface area contributed by atoms with E-state index in [0.717, 1.165) is 83.5 Å². The zero-order valence-corrected chi connectivity index (χ0v) is 46.5. The van der Waals surface area contributed by atoms with Crippen molar-refractivity contribution in [3.63, 3.8) is 0 Å². The molecule has 400 valence electrons. The number of amides is 1. The Kier molecular flexibility index (Phi) is 47.6. The molecule has 0 aliphatic carbocycles. The van der Waals surface area contributed by atoms with Gasteiger partial charge in [-0.05, 0) is 57.4 Å². The molecule has 3 atom stereocenters. The number of phosphoric acid groups is 1. The number of hydrogen-bond donors (Lipinski definition) is 2. The lowest BCUT2D eigenvalue weighted by Gasteiger charge is -2.27. The van der Waals surface area contributed by atoms with Crippen LogP contribution in [0.2, 0.25) is 0 Å². The number of allylic oxidation sites excluding steroid dienone is 5. The molecule has 0 saturated heterocycles. The predicted molar refractivity (Wildman–Crippen MR) is 291 cm³/mol. The Balaban J connectivity index is 5.36. The molecule has 0 radical (unpaired) electrons. The van der Waals surface area contributed by atoms with Crippen LogP contribution in [0.25, 0.3) is 0 Å². The topological polar surface area (TPSA) is 111 Å². The van der Waals surface area contributed by atoms with Crippen molar-refractivity contribution in [3.8, 4) is 0 Å². The lowest BCUT2D eigenvalue weighted by molar-refractivity contribution is -0.870. The summed E-state index contributed by atoms with van der Waals surface area (Å²) in [6.07, 6.45) is 57.0. The molecule has 0 fully saturated rings. The van der Waals surface area contributed by atoms with Gasteiger partial charge in [0.05, 0.1) is 33.8 Å². The molecule has 0 aromatic heterocycles. The first-order valence-electron chi connectivity index (χ1n) is 28.8. The van der Waals surface area contributed by atoms with E-state index in [9.17, 15) is 19.0 Å². The average Bonchev–Trinajstić information content (AvgIpc) is 3.29. The van der Waals surface area contributed by atoms with Crippen LogP contribution in [-0.2, 0) is 27.9 Å². The third-order valence-corrected chi connectivity index (χ3v) is 13.8. The van der Waals surface area contributed by atoms with Crippen LogP contribution in [0.15, 0.2) is 36.5 Å². The molecule has 0 aliphatic heterocycles. The van der Waals surface area contributed by atoms with Crippen LogP contribution in [0.4, 0.5) is 0 Å². The molecule has 9 nitrogen and oxygen atoms in total. The number of carbonyl (C=O) groups is 2. The van der Waals surface area contributed by atoms with E-state index in [1.165, 1.54) is 154 Å². The molecule has 2 N–H and O–H groups in total. The number of ether oxygens (including phenoxy) is 1. The standard InChI is InChI=1S/C58H111N2O7P/c1-7-10-13-16-19-22-25-28-30-32-35-38-41-44-47-50-57(61)59-55(54-66-68(63,64)65-53-52-60(4,5)6)56(49-46-43-40-37-34-31-27-24-21-18-15-12-9-3)67-58(62)51-48-45-42-39-36-33-29-26-23-20-17-14-11-8-2/h11,14,20,23,46,49,55-56H,7-10,12-13,15-19,21-22,24-45,47-48,50-54H2,1-6H3,(H-,59,61,63,64)/p+1/b14-11+,23-20+,49-46+. The van der Waals surface area contributed by atoms with Crippen LogP contribution >= 0.6 is 7.82 Å². The van der Waals surface area contributed by atoms with Crippen molar-refractivity contribution in [1.29, 1.82) is 0 Å². The number of phosphoric ester groups is 1. The van der Waals surface area contributed by atoms with Crippen molar-refractivity contribution >= 4 is 19.7 Å². The molecule has 0 saturated carbocycles. The lowest BCUT2D eigenvalue weighted by atomic mass is 10.0. The summed E-state index contributed by atoms with van der Waals surface area (Å²) in [5, 5.41) is 3.05. The van der Waals surface area contributed by atoms with Gasteiger partial charge >= 0.3 is 13.8 Å². The first kappa shape index (κ1) is 66.2. The Bertz CT molecular complexity index is 1270. The summed E-state index contributed by atoms with van der Waals surface area (Å²) in [7, 11) is 1.50. The third kappa shape index (κ3) is 49.2. The molecular formula is C58H112N2O7P+. The Hall–Kier alpha value is -1.77. The molecule has 0 aliphatic rings. The van der Waals surface area contributed by atoms with Gasteiger partial charge in [0.2, 0.25) is 5.91 Å². The SMILES string of the molecule is CC/C=C/C/C=C/CCCCCCCCCC(=O)OC(/C=C/CCCCCCCCCCCCC)C(COP(=O)(O)OCC[N+](C)(C)C)NC(=O)CCCCCCCCCCCCCCCCC. The van der Waals surface area contributed by atoms with Crippen molar-refractivity contribution in [1.82, 2.24) is 5.32 Å². The van der Waals surface area contributed by atoms with Gasteiger partial charge in [-0.3, -0.25) is 18.6 Å². The minimum absolute atomic E-state index is 0.0410. The first-order valence-corrected chi connectivity index (χ1v) is 30.3. The van der Waals surface area contributed by atoms with Crippen LogP contribution in [-0.4, -0.2) is 74.3 Å².